The number of rotatable bonds is 4. The molecule has 0 spiro atoms. The lowest BCUT2D eigenvalue weighted by Gasteiger charge is -2.09. The molecule has 106 valence electrons. The molecule has 0 N–H and O–H groups in total. The van der Waals surface area contributed by atoms with Gasteiger partial charge in [-0.3, -0.25) is 4.79 Å². The summed E-state index contributed by atoms with van der Waals surface area (Å²) in [5.74, 6) is 0.777. The van der Waals surface area contributed by atoms with E-state index in [1.807, 2.05) is 56.3 Å². The fourth-order valence-electron chi connectivity index (χ4n) is 2.44. The molecular formula is C17H17N3O. The molecule has 3 aromatic rings. The highest BCUT2D eigenvalue weighted by Gasteiger charge is 2.14. The van der Waals surface area contributed by atoms with E-state index >= 15 is 0 Å². The van der Waals surface area contributed by atoms with Gasteiger partial charge >= 0.3 is 0 Å². The second-order valence-corrected chi connectivity index (χ2v) is 5.38. The van der Waals surface area contributed by atoms with E-state index < -0.39 is 0 Å². The maximum absolute atomic E-state index is 12.4. The number of nitrogens with zero attached hydrogens (tertiary/aromatic N) is 3. The molecule has 1 aromatic heterocycles. The van der Waals surface area contributed by atoms with Gasteiger partial charge in [0, 0.05) is 11.6 Å². The molecular weight excluding hydrogens is 262 g/mol. The standard InChI is InChI=1S/C17H17N3O/c1-12(2)20-17(18-11-19-20)10-16(21)15-8-7-13-5-3-4-6-14(13)9-15/h3-9,11-12H,10H2,1-2H3. The quantitative estimate of drug-likeness (QED) is 0.687. The number of fused-ring (bicyclic) bond motifs is 1. The Hall–Kier alpha value is -2.49. The van der Waals surface area contributed by atoms with E-state index in [2.05, 4.69) is 10.1 Å². The van der Waals surface area contributed by atoms with Crippen molar-refractivity contribution in [2.45, 2.75) is 26.3 Å². The average molecular weight is 279 g/mol. The summed E-state index contributed by atoms with van der Waals surface area (Å²) in [6.45, 7) is 4.05. The SMILES string of the molecule is CC(C)n1ncnc1CC(=O)c1ccc2ccccc2c1. The summed E-state index contributed by atoms with van der Waals surface area (Å²) in [5.41, 5.74) is 0.715. The Morgan fingerprint density at radius 2 is 1.90 bits per heavy atom. The van der Waals surface area contributed by atoms with Gasteiger partial charge in [0.2, 0.25) is 0 Å². The topological polar surface area (TPSA) is 47.8 Å². The van der Waals surface area contributed by atoms with Crippen molar-refractivity contribution in [3.8, 4) is 0 Å². The maximum Gasteiger partial charge on any atom is 0.170 e. The molecule has 0 aliphatic carbocycles. The van der Waals surface area contributed by atoms with Crippen LogP contribution in [-0.4, -0.2) is 20.5 Å². The van der Waals surface area contributed by atoms with E-state index in [0.717, 1.165) is 10.8 Å². The Morgan fingerprint density at radius 3 is 2.67 bits per heavy atom. The first-order valence-electron chi connectivity index (χ1n) is 7.05. The highest BCUT2D eigenvalue weighted by atomic mass is 16.1. The largest absolute Gasteiger partial charge is 0.294 e. The van der Waals surface area contributed by atoms with Crippen molar-refractivity contribution < 1.29 is 4.79 Å². The van der Waals surface area contributed by atoms with Crippen LogP contribution in [0.3, 0.4) is 0 Å². The normalized spacial score (nSPS) is 11.2. The Kier molecular flexibility index (Phi) is 3.52. The summed E-state index contributed by atoms with van der Waals surface area (Å²) in [7, 11) is 0. The van der Waals surface area contributed by atoms with Crippen molar-refractivity contribution in [2.75, 3.05) is 0 Å². The molecule has 0 amide bonds. The van der Waals surface area contributed by atoms with Crippen LogP contribution in [0.2, 0.25) is 0 Å². The molecule has 0 saturated heterocycles. The van der Waals surface area contributed by atoms with Crippen molar-refractivity contribution in [1.29, 1.82) is 0 Å². The first kappa shape index (κ1) is 13.5. The smallest absolute Gasteiger partial charge is 0.170 e. The van der Waals surface area contributed by atoms with Gasteiger partial charge in [0.15, 0.2) is 5.78 Å². The summed E-state index contributed by atoms with van der Waals surface area (Å²) in [5, 5.41) is 6.38. The third-order valence-corrected chi connectivity index (χ3v) is 3.53. The molecule has 0 aliphatic rings. The molecule has 4 heteroatoms. The lowest BCUT2D eigenvalue weighted by Crippen LogP contribution is -2.13. The molecule has 0 unspecified atom stereocenters. The monoisotopic (exact) mass is 279 g/mol. The summed E-state index contributed by atoms with van der Waals surface area (Å²) in [6, 6.07) is 14.0. The van der Waals surface area contributed by atoms with Gasteiger partial charge in [-0.15, -0.1) is 0 Å². The van der Waals surface area contributed by atoms with E-state index in [-0.39, 0.29) is 18.2 Å². The van der Waals surface area contributed by atoms with Crippen molar-refractivity contribution in [1.82, 2.24) is 14.8 Å². The summed E-state index contributed by atoms with van der Waals surface area (Å²) in [4.78, 5) is 16.6. The highest BCUT2D eigenvalue weighted by molar-refractivity contribution is 6.00. The van der Waals surface area contributed by atoms with Gasteiger partial charge in [0.05, 0.1) is 6.42 Å². The van der Waals surface area contributed by atoms with E-state index in [9.17, 15) is 4.79 Å². The molecule has 4 nitrogen and oxygen atoms in total. The Balaban J connectivity index is 1.88. The zero-order valence-corrected chi connectivity index (χ0v) is 12.2. The minimum absolute atomic E-state index is 0.0654. The molecule has 1 heterocycles. The van der Waals surface area contributed by atoms with E-state index in [1.165, 1.54) is 6.33 Å². The molecule has 0 atom stereocenters. The zero-order chi connectivity index (χ0) is 14.8. The average Bonchev–Trinajstić information content (AvgIpc) is 2.95. The second-order valence-electron chi connectivity index (χ2n) is 5.38. The number of aromatic nitrogens is 3. The first-order valence-corrected chi connectivity index (χ1v) is 7.05. The molecule has 0 radical (unpaired) electrons. The summed E-state index contributed by atoms with van der Waals surface area (Å²) in [6.07, 6.45) is 1.78. The van der Waals surface area contributed by atoms with E-state index in [1.54, 1.807) is 4.68 Å². The molecule has 2 aromatic carbocycles. The van der Waals surface area contributed by atoms with Gasteiger partial charge in [-0.05, 0) is 30.7 Å². The second kappa shape index (κ2) is 5.48. The lowest BCUT2D eigenvalue weighted by molar-refractivity contribution is 0.0989. The number of carbonyl (C=O) groups excluding carboxylic acids is 1. The molecule has 0 bridgehead atoms. The number of ketones is 1. The number of carbonyl (C=O) groups is 1. The van der Waals surface area contributed by atoms with E-state index in [0.29, 0.717) is 11.4 Å². The summed E-state index contributed by atoms with van der Waals surface area (Å²) < 4.78 is 1.79. The fraction of sp³-hybridized carbons (Fsp3) is 0.235. The van der Waals surface area contributed by atoms with Crippen LogP contribution < -0.4 is 0 Å². The predicted octanol–water partition coefficient (Wildman–Crippen LogP) is 3.44. The molecule has 21 heavy (non-hydrogen) atoms. The van der Waals surface area contributed by atoms with Gasteiger partial charge in [0.1, 0.15) is 12.2 Å². The van der Waals surface area contributed by atoms with Crippen LogP contribution in [0.1, 0.15) is 36.1 Å². The van der Waals surface area contributed by atoms with Gasteiger partial charge in [0.25, 0.3) is 0 Å². The Morgan fingerprint density at radius 1 is 1.14 bits per heavy atom. The molecule has 3 rings (SSSR count). The summed E-state index contributed by atoms with van der Waals surface area (Å²) >= 11 is 0. The zero-order valence-electron chi connectivity index (χ0n) is 12.2. The number of hydrogen-bond acceptors (Lipinski definition) is 3. The fourth-order valence-corrected chi connectivity index (χ4v) is 2.44. The molecule has 0 saturated carbocycles. The van der Waals surface area contributed by atoms with Crippen LogP contribution in [-0.2, 0) is 6.42 Å². The maximum atomic E-state index is 12.4. The predicted molar refractivity (Wildman–Crippen MR) is 82.4 cm³/mol. The van der Waals surface area contributed by atoms with Gasteiger partial charge in [-0.2, -0.15) is 5.10 Å². The van der Waals surface area contributed by atoms with Crippen molar-refractivity contribution in [3.63, 3.8) is 0 Å². The minimum Gasteiger partial charge on any atom is -0.294 e. The number of benzene rings is 2. The van der Waals surface area contributed by atoms with Crippen LogP contribution >= 0.6 is 0 Å². The van der Waals surface area contributed by atoms with E-state index in [4.69, 9.17) is 0 Å². The van der Waals surface area contributed by atoms with Crippen molar-refractivity contribution in [2.24, 2.45) is 0 Å². The van der Waals surface area contributed by atoms with Crippen LogP contribution in [0.5, 0.6) is 0 Å². The molecule has 0 aliphatic heterocycles. The van der Waals surface area contributed by atoms with Crippen LogP contribution in [0, 0.1) is 0 Å². The third kappa shape index (κ3) is 2.70. The van der Waals surface area contributed by atoms with Gasteiger partial charge < -0.3 is 0 Å². The first-order chi connectivity index (χ1) is 10.1. The number of hydrogen-bond donors (Lipinski definition) is 0. The van der Waals surface area contributed by atoms with Gasteiger partial charge in [-0.1, -0.05) is 36.4 Å². The Bertz CT molecular complexity index is 789. The lowest BCUT2D eigenvalue weighted by atomic mass is 10.0. The third-order valence-electron chi connectivity index (χ3n) is 3.53. The Labute approximate surface area is 123 Å². The van der Waals surface area contributed by atoms with Crippen LogP contribution in [0.25, 0.3) is 10.8 Å². The highest BCUT2D eigenvalue weighted by Crippen LogP contribution is 2.17. The number of Topliss-reactive ketones (excluding diaryl/α,β-unsaturated/α-hetero) is 1. The minimum atomic E-state index is 0.0654. The van der Waals surface area contributed by atoms with Gasteiger partial charge in [-0.25, -0.2) is 9.67 Å². The van der Waals surface area contributed by atoms with Crippen molar-refractivity contribution >= 4 is 16.6 Å². The molecule has 0 fully saturated rings. The van der Waals surface area contributed by atoms with Crippen LogP contribution in [0.4, 0.5) is 0 Å². The van der Waals surface area contributed by atoms with Crippen molar-refractivity contribution in [3.05, 3.63) is 60.2 Å². The van der Waals surface area contributed by atoms with Crippen LogP contribution in [0.15, 0.2) is 48.8 Å².